The molecule has 0 spiro atoms. The van der Waals surface area contributed by atoms with E-state index >= 15 is 0 Å². The quantitative estimate of drug-likeness (QED) is 0.882. The number of anilines is 1. The van der Waals surface area contributed by atoms with Crippen LogP contribution >= 0.6 is 0 Å². The van der Waals surface area contributed by atoms with Crippen molar-refractivity contribution in [2.75, 3.05) is 36.5 Å². The van der Waals surface area contributed by atoms with Crippen LogP contribution in [-0.2, 0) is 9.84 Å². The lowest BCUT2D eigenvalue weighted by Crippen LogP contribution is -2.36. The molecule has 0 aromatic heterocycles. The summed E-state index contributed by atoms with van der Waals surface area (Å²) in [7, 11) is -0.723. The van der Waals surface area contributed by atoms with Gasteiger partial charge in [-0.25, -0.2) is 8.42 Å². The summed E-state index contributed by atoms with van der Waals surface area (Å²) in [5.41, 5.74) is 2.44. The molecule has 1 N–H and O–H groups in total. The second-order valence-electron chi connectivity index (χ2n) is 5.31. The van der Waals surface area contributed by atoms with E-state index < -0.39 is 9.84 Å². The second kappa shape index (κ2) is 5.92. The largest absolute Gasteiger partial charge is 0.373 e. The van der Waals surface area contributed by atoms with Gasteiger partial charge in [0, 0.05) is 31.9 Å². The Bertz CT molecular complexity index is 528. The van der Waals surface area contributed by atoms with Crippen molar-refractivity contribution in [3.8, 4) is 0 Å². The van der Waals surface area contributed by atoms with Crippen LogP contribution in [0.15, 0.2) is 24.3 Å². The van der Waals surface area contributed by atoms with Crippen LogP contribution in [-0.4, -0.2) is 46.1 Å². The highest BCUT2D eigenvalue weighted by Crippen LogP contribution is 2.14. The fourth-order valence-electron chi connectivity index (χ4n) is 2.39. The molecule has 1 unspecified atom stereocenters. The molecule has 1 heterocycles. The molecule has 19 heavy (non-hydrogen) atoms. The fraction of sp³-hybridized carbons (Fsp3) is 0.571. The Morgan fingerprint density at radius 1 is 1.42 bits per heavy atom. The number of aryl methyl sites for hydroxylation is 1. The topological polar surface area (TPSA) is 49.4 Å². The third kappa shape index (κ3) is 4.21. The highest BCUT2D eigenvalue weighted by atomic mass is 32.2. The SMILES string of the molecule is Cc1cccc(N(C)CCNC2CCS(=O)(=O)C2)c1. The van der Waals surface area contributed by atoms with Crippen molar-refractivity contribution in [2.45, 2.75) is 19.4 Å². The third-order valence-electron chi connectivity index (χ3n) is 3.56. The lowest BCUT2D eigenvalue weighted by atomic mass is 10.2. The molecule has 106 valence electrons. The Kier molecular flexibility index (Phi) is 4.47. The first kappa shape index (κ1) is 14.3. The van der Waals surface area contributed by atoms with E-state index in [4.69, 9.17) is 0 Å². The summed E-state index contributed by atoms with van der Waals surface area (Å²) in [5.74, 6) is 0.625. The summed E-state index contributed by atoms with van der Waals surface area (Å²) in [6.45, 7) is 3.77. The number of benzene rings is 1. The number of hydrogen-bond donors (Lipinski definition) is 1. The Labute approximate surface area is 115 Å². The van der Waals surface area contributed by atoms with Crippen LogP contribution in [0.2, 0.25) is 0 Å². The molecule has 1 aliphatic heterocycles. The van der Waals surface area contributed by atoms with Crippen molar-refractivity contribution in [1.29, 1.82) is 0 Å². The normalized spacial score (nSPS) is 21.5. The first-order valence-corrected chi connectivity index (χ1v) is 8.50. The second-order valence-corrected chi connectivity index (χ2v) is 7.54. The van der Waals surface area contributed by atoms with E-state index in [1.54, 1.807) is 0 Å². The van der Waals surface area contributed by atoms with E-state index in [2.05, 4.69) is 48.5 Å². The minimum atomic E-state index is -2.78. The van der Waals surface area contributed by atoms with E-state index in [9.17, 15) is 8.42 Å². The number of nitrogens with zero attached hydrogens (tertiary/aromatic N) is 1. The van der Waals surface area contributed by atoms with Gasteiger partial charge in [0.1, 0.15) is 0 Å². The van der Waals surface area contributed by atoms with Gasteiger partial charge in [-0.05, 0) is 31.0 Å². The zero-order chi connectivity index (χ0) is 13.9. The molecule has 2 rings (SSSR count). The molecule has 0 saturated carbocycles. The first-order chi connectivity index (χ1) is 8.96. The summed E-state index contributed by atoms with van der Waals surface area (Å²) in [5, 5.41) is 3.33. The van der Waals surface area contributed by atoms with Crippen LogP contribution in [0.3, 0.4) is 0 Å². The van der Waals surface area contributed by atoms with Gasteiger partial charge in [0.2, 0.25) is 0 Å². The Morgan fingerprint density at radius 3 is 2.84 bits per heavy atom. The fourth-order valence-corrected chi connectivity index (χ4v) is 4.09. The highest BCUT2D eigenvalue weighted by Gasteiger charge is 2.27. The van der Waals surface area contributed by atoms with E-state index in [-0.39, 0.29) is 6.04 Å². The van der Waals surface area contributed by atoms with Crippen LogP contribution < -0.4 is 10.2 Å². The summed E-state index contributed by atoms with van der Waals surface area (Å²) in [4.78, 5) is 2.18. The third-order valence-corrected chi connectivity index (χ3v) is 5.32. The molecule has 0 radical (unpaired) electrons. The summed E-state index contributed by atoms with van der Waals surface area (Å²) in [6.07, 6.45) is 0.747. The van der Waals surface area contributed by atoms with Crippen molar-refractivity contribution in [3.05, 3.63) is 29.8 Å². The summed E-state index contributed by atoms with van der Waals surface area (Å²) < 4.78 is 22.7. The monoisotopic (exact) mass is 282 g/mol. The lowest BCUT2D eigenvalue weighted by Gasteiger charge is -2.21. The molecular weight excluding hydrogens is 260 g/mol. The first-order valence-electron chi connectivity index (χ1n) is 6.68. The van der Waals surface area contributed by atoms with Gasteiger partial charge < -0.3 is 10.2 Å². The number of nitrogens with one attached hydrogen (secondary N) is 1. The zero-order valence-electron chi connectivity index (χ0n) is 11.6. The predicted molar refractivity (Wildman–Crippen MR) is 79.5 cm³/mol. The smallest absolute Gasteiger partial charge is 0.151 e. The number of rotatable bonds is 5. The van der Waals surface area contributed by atoms with Gasteiger partial charge in [0.15, 0.2) is 9.84 Å². The molecule has 1 aromatic rings. The molecule has 1 atom stereocenters. The van der Waals surface area contributed by atoms with Crippen LogP contribution in [0.4, 0.5) is 5.69 Å². The average molecular weight is 282 g/mol. The van der Waals surface area contributed by atoms with E-state index in [1.165, 1.54) is 11.3 Å². The highest BCUT2D eigenvalue weighted by molar-refractivity contribution is 7.91. The number of likely N-dealkylation sites (N-methyl/N-ethyl adjacent to an activating group) is 1. The summed E-state index contributed by atoms with van der Waals surface area (Å²) in [6, 6.07) is 8.51. The molecule has 1 saturated heterocycles. The predicted octanol–water partition coefficient (Wildman–Crippen LogP) is 1.21. The zero-order valence-corrected chi connectivity index (χ0v) is 12.4. The van der Waals surface area contributed by atoms with Crippen LogP contribution in [0, 0.1) is 6.92 Å². The molecule has 5 heteroatoms. The molecule has 1 aliphatic rings. The van der Waals surface area contributed by atoms with Gasteiger partial charge in [0.25, 0.3) is 0 Å². The molecule has 0 amide bonds. The molecule has 1 aromatic carbocycles. The maximum atomic E-state index is 11.3. The molecule has 4 nitrogen and oxygen atoms in total. The maximum absolute atomic E-state index is 11.3. The Morgan fingerprint density at radius 2 is 2.21 bits per heavy atom. The van der Waals surface area contributed by atoms with Gasteiger partial charge in [0.05, 0.1) is 11.5 Å². The Balaban J connectivity index is 1.77. The number of sulfone groups is 1. The summed E-state index contributed by atoms with van der Waals surface area (Å²) >= 11 is 0. The number of hydrogen-bond acceptors (Lipinski definition) is 4. The maximum Gasteiger partial charge on any atom is 0.151 e. The Hall–Kier alpha value is -1.07. The van der Waals surface area contributed by atoms with Gasteiger partial charge >= 0.3 is 0 Å². The van der Waals surface area contributed by atoms with Gasteiger partial charge in [-0.15, -0.1) is 0 Å². The lowest BCUT2D eigenvalue weighted by molar-refractivity contribution is 0.557. The van der Waals surface area contributed by atoms with Gasteiger partial charge in [-0.1, -0.05) is 12.1 Å². The molecular formula is C14H22N2O2S. The van der Waals surface area contributed by atoms with E-state index in [0.717, 1.165) is 19.5 Å². The van der Waals surface area contributed by atoms with Crippen molar-refractivity contribution >= 4 is 15.5 Å². The van der Waals surface area contributed by atoms with Crippen LogP contribution in [0.5, 0.6) is 0 Å². The van der Waals surface area contributed by atoms with Gasteiger partial charge in [-0.3, -0.25) is 0 Å². The van der Waals surface area contributed by atoms with Crippen LogP contribution in [0.1, 0.15) is 12.0 Å². The molecule has 0 bridgehead atoms. The molecule has 1 fully saturated rings. The van der Waals surface area contributed by atoms with Crippen molar-refractivity contribution in [1.82, 2.24) is 5.32 Å². The van der Waals surface area contributed by atoms with Crippen LogP contribution in [0.25, 0.3) is 0 Å². The molecule has 0 aliphatic carbocycles. The minimum absolute atomic E-state index is 0.135. The standard InChI is InChI=1S/C14H22N2O2S/c1-12-4-3-5-14(10-12)16(2)8-7-15-13-6-9-19(17,18)11-13/h3-5,10,13,15H,6-9,11H2,1-2H3. The van der Waals surface area contributed by atoms with Crippen molar-refractivity contribution in [3.63, 3.8) is 0 Å². The van der Waals surface area contributed by atoms with Crippen molar-refractivity contribution in [2.24, 2.45) is 0 Å². The van der Waals surface area contributed by atoms with Crippen molar-refractivity contribution < 1.29 is 8.42 Å². The van der Waals surface area contributed by atoms with E-state index in [0.29, 0.717) is 11.5 Å². The minimum Gasteiger partial charge on any atom is -0.373 e. The van der Waals surface area contributed by atoms with E-state index in [1.807, 2.05) is 0 Å². The van der Waals surface area contributed by atoms with Gasteiger partial charge in [-0.2, -0.15) is 0 Å². The average Bonchev–Trinajstić information content (AvgIpc) is 2.69.